The van der Waals surface area contributed by atoms with Gasteiger partial charge in [0.05, 0.1) is 5.69 Å². The molecule has 6 heteroatoms. The third-order valence-electron chi connectivity index (χ3n) is 4.57. The summed E-state index contributed by atoms with van der Waals surface area (Å²) in [7, 11) is 0. The Morgan fingerprint density at radius 3 is 2.47 bits per heavy atom. The van der Waals surface area contributed by atoms with E-state index >= 15 is 0 Å². The molecule has 0 radical (unpaired) electrons. The Hall–Kier alpha value is -3.93. The quantitative estimate of drug-likeness (QED) is 0.495. The van der Waals surface area contributed by atoms with E-state index in [0.29, 0.717) is 24.5 Å². The zero-order valence-corrected chi connectivity index (χ0v) is 16.2. The number of nitrogens with zero attached hydrogens (tertiary/aromatic N) is 2. The molecule has 5 nitrogen and oxygen atoms in total. The van der Waals surface area contributed by atoms with Gasteiger partial charge in [0.1, 0.15) is 18.2 Å². The van der Waals surface area contributed by atoms with Crippen LogP contribution in [0.3, 0.4) is 0 Å². The standard InChI is InChI=1S/C24H20FN3O2/c25-21-9-5-19(6-10-21)17-30-23-4-1-3-20(15-23)24(29)26-16-18-7-11-22(12-8-18)28-14-2-13-27-28/h1-15H,16-17H2,(H,26,29). The van der Waals surface area contributed by atoms with E-state index < -0.39 is 0 Å². The number of rotatable bonds is 7. The zero-order valence-electron chi connectivity index (χ0n) is 16.2. The van der Waals surface area contributed by atoms with Crippen molar-refractivity contribution in [1.82, 2.24) is 15.1 Å². The van der Waals surface area contributed by atoms with Gasteiger partial charge in [-0.25, -0.2) is 9.07 Å². The van der Waals surface area contributed by atoms with E-state index in [1.54, 1.807) is 47.3 Å². The first kappa shape index (κ1) is 19.4. The van der Waals surface area contributed by atoms with Gasteiger partial charge < -0.3 is 10.1 Å². The number of nitrogens with one attached hydrogen (secondary N) is 1. The maximum absolute atomic E-state index is 13.0. The summed E-state index contributed by atoms with van der Waals surface area (Å²) in [5, 5.41) is 7.11. The Kier molecular flexibility index (Phi) is 5.85. The van der Waals surface area contributed by atoms with Crippen LogP contribution >= 0.6 is 0 Å². The van der Waals surface area contributed by atoms with Crippen molar-refractivity contribution in [2.24, 2.45) is 0 Å². The average Bonchev–Trinajstić information content (AvgIpc) is 3.33. The molecule has 0 saturated heterocycles. The van der Waals surface area contributed by atoms with Crippen LogP contribution in [0.15, 0.2) is 91.3 Å². The fourth-order valence-electron chi connectivity index (χ4n) is 2.95. The SMILES string of the molecule is O=C(NCc1ccc(-n2cccn2)cc1)c1cccc(OCc2ccc(F)cc2)c1. The lowest BCUT2D eigenvalue weighted by molar-refractivity contribution is 0.0950. The summed E-state index contributed by atoms with van der Waals surface area (Å²) in [5.74, 6) is 0.113. The molecular weight excluding hydrogens is 381 g/mol. The Balaban J connectivity index is 1.33. The van der Waals surface area contributed by atoms with E-state index in [0.717, 1.165) is 16.8 Å². The monoisotopic (exact) mass is 401 g/mol. The fraction of sp³-hybridized carbons (Fsp3) is 0.0833. The van der Waals surface area contributed by atoms with Gasteiger partial charge in [0, 0.05) is 24.5 Å². The van der Waals surface area contributed by atoms with Crippen molar-refractivity contribution < 1.29 is 13.9 Å². The van der Waals surface area contributed by atoms with Crippen LogP contribution in [0.5, 0.6) is 5.75 Å². The van der Waals surface area contributed by atoms with Crippen LogP contribution in [-0.4, -0.2) is 15.7 Å². The van der Waals surface area contributed by atoms with Gasteiger partial charge in [0.15, 0.2) is 0 Å². The van der Waals surface area contributed by atoms with Gasteiger partial charge in [-0.1, -0.05) is 30.3 Å². The number of ether oxygens (including phenoxy) is 1. The minimum Gasteiger partial charge on any atom is -0.489 e. The summed E-state index contributed by atoms with van der Waals surface area (Å²) in [6.07, 6.45) is 3.60. The van der Waals surface area contributed by atoms with Crippen molar-refractivity contribution in [3.8, 4) is 11.4 Å². The fourth-order valence-corrected chi connectivity index (χ4v) is 2.95. The molecular formula is C24H20FN3O2. The Morgan fingerprint density at radius 2 is 1.73 bits per heavy atom. The molecule has 0 fully saturated rings. The van der Waals surface area contributed by atoms with Crippen LogP contribution in [0.25, 0.3) is 5.69 Å². The number of hydrogen-bond acceptors (Lipinski definition) is 3. The van der Waals surface area contributed by atoms with Crippen molar-refractivity contribution in [2.45, 2.75) is 13.2 Å². The number of halogens is 1. The second kappa shape index (κ2) is 9.05. The third-order valence-corrected chi connectivity index (χ3v) is 4.57. The number of benzene rings is 3. The first-order valence-electron chi connectivity index (χ1n) is 9.52. The van der Waals surface area contributed by atoms with Gasteiger partial charge in [0.2, 0.25) is 0 Å². The highest BCUT2D eigenvalue weighted by Gasteiger charge is 2.07. The van der Waals surface area contributed by atoms with E-state index in [2.05, 4.69) is 10.4 Å². The van der Waals surface area contributed by atoms with Crippen LogP contribution in [-0.2, 0) is 13.2 Å². The summed E-state index contributed by atoms with van der Waals surface area (Å²) in [4.78, 5) is 12.5. The summed E-state index contributed by atoms with van der Waals surface area (Å²) < 4.78 is 20.5. The van der Waals surface area contributed by atoms with E-state index in [9.17, 15) is 9.18 Å². The largest absolute Gasteiger partial charge is 0.489 e. The molecule has 4 rings (SSSR count). The second-order valence-electron chi connectivity index (χ2n) is 6.74. The van der Waals surface area contributed by atoms with Gasteiger partial charge in [-0.15, -0.1) is 0 Å². The normalized spacial score (nSPS) is 10.6. The molecule has 3 aromatic carbocycles. The molecule has 0 bridgehead atoms. The van der Waals surface area contributed by atoms with Gasteiger partial charge in [-0.05, 0) is 59.7 Å². The Labute approximate surface area is 173 Å². The lowest BCUT2D eigenvalue weighted by Crippen LogP contribution is -2.22. The number of amides is 1. The average molecular weight is 401 g/mol. The van der Waals surface area contributed by atoms with Gasteiger partial charge in [-0.3, -0.25) is 4.79 Å². The third kappa shape index (κ3) is 4.91. The van der Waals surface area contributed by atoms with Crippen molar-refractivity contribution in [2.75, 3.05) is 0 Å². The number of aromatic nitrogens is 2. The highest BCUT2D eigenvalue weighted by molar-refractivity contribution is 5.94. The highest BCUT2D eigenvalue weighted by atomic mass is 19.1. The predicted octanol–water partition coefficient (Wildman–Crippen LogP) is 4.52. The predicted molar refractivity (Wildman–Crippen MR) is 112 cm³/mol. The maximum Gasteiger partial charge on any atom is 0.251 e. The summed E-state index contributed by atoms with van der Waals surface area (Å²) in [6.45, 7) is 0.715. The summed E-state index contributed by atoms with van der Waals surface area (Å²) in [5.41, 5.74) is 3.31. The van der Waals surface area contributed by atoms with Gasteiger partial charge in [0.25, 0.3) is 5.91 Å². The second-order valence-corrected chi connectivity index (χ2v) is 6.74. The molecule has 150 valence electrons. The minimum atomic E-state index is -0.284. The van der Waals surface area contributed by atoms with Gasteiger partial charge >= 0.3 is 0 Å². The first-order valence-corrected chi connectivity index (χ1v) is 9.52. The number of hydrogen-bond donors (Lipinski definition) is 1. The molecule has 1 amide bonds. The van der Waals surface area contributed by atoms with Crippen LogP contribution < -0.4 is 10.1 Å². The number of carbonyl (C=O) groups is 1. The van der Waals surface area contributed by atoms with E-state index in [1.807, 2.05) is 36.5 Å². The van der Waals surface area contributed by atoms with E-state index in [-0.39, 0.29) is 11.7 Å². The van der Waals surface area contributed by atoms with Crippen molar-refractivity contribution >= 4 is 5.91 Å². The molecule has 1 heterocycles. The molecule has 1 aromatic heterocycles. The van der Waals surface area contributed by atoms with E-state index in [4.69, 9.17) is 4.74 Å². The van der Waals surface area contributed by atoms with Crippen molar-refractivity contribution in [3.63, 3.8) is 0 Å². The lowest BCUT2D eigenvalue weighted by Gasteiger charge is -2.09. The zero-order chi connectivity index (χ0) is 20.8. The van der Waals surface area contributed by atoms with Gasteiger partial charge in [-0.2, -0.15) is 5.10 Å². The van der Waals surface area contributed by atoms with Crippen molar-refractivity contribution in [1.29, 1.82) is 0 Å². The minimum absolute atomic E-state index is 0.182. The molecule has 0 aliphatic heterocycles. The molecule has 0 aliphatic rings. The molecule has 0 aliphatic carbocycles. The van der Waals surface area contributed by atoms with Crippen molar-refractivity contribution in [3.05, 3.63) is 114 Å². The number of carbonyl (C=O) groups excluding carboxylic acids is 1. The lowest BCUT2D eigenvalue weighted by atomic mass is 10.1. The van der Waals surface area contributed by atoms with E-state index in [1.165, 1.54) is 12.1 Å². The van der Waals surface area contributed by atoms with Crippen LogP contribution in [0, 0.1) is 5.82 Å². The molecule has 0 saturated carbocycles. The van der Waals surface area contributed by atoms with Crippen LogP contribution in [0.1, 0.15) is 21.5 Å². The Bertz CT molecular complexity index is 1110. The smallest absolute Gasteiger partial charge is 0.251 e. The maximum atomic E-state index is 13.0. The molecule has 0 atom stereocenters. The molecule has 1 N–H and O–H groups in total. The van der Waals surface area contributed by atoms with Crippen LogP contribution in [0.2, 0.25) is 0 Å². The first-order chi connectivity index (χ1) is 14.7. The molecule has 4 aromatic rings. The summed E-state index contributed by atoms with van der Waals surface area (Å²) >= 11 is 0. The highest BCUT2D eigenvalue weighted by Crippen LogP contribution is 2.16. The summed E-state index contributed by atoms with van der Waals surface area (Å²) in [6, 6.07) is 22.8. The molecule has 30 heavy (non-hydrogen) atoms. The van der Waals surface area contributed by atoms with Crippen LogP contribution in [0.4, 0.5) is 4.39 Å². The molecule has 0 spiro atoms. The molecule has 0 unspecified atom stereocenters. The topological polar surface area (TPSA) is 56.2 Å². The Morgan fingerprint density at radius 1 is 0.967 bits per heavy atom.